The topological polar surface area (TPSA) is 80.6 Å². The van der Waals surface area contributed by atoms with Crippen LogP contribution in [-0.2, 0) is 6.42 Å². The number of aliphatic imine (C=N–C) groups is 1. The highest BCUT2D eigenvalue weighted by Gasteiger charge is 2.16. The fourth-order valence-electron chi connectivity index (χ4n) is 2.48. The minimum absolute atomic E-state index is 0. The summed E-state index contributed by atoms with van der Waals surface area (Å²) in [7, 11) is 0. The van der Waals surface area contributed by atoms with Crippen LogP contribution in [0.15, 0.2) is 29.4 Å². The molecule has 1 fully saturated rings. The number of nitrogens with one attached hydrogen (secondary N) is 1. The van der Waals surface area contributed by atoms with Crippen molar-refractivity contribution in [1.82, 2.24) is 19.9 Å². The van der Waals surface area contributed by atoms with Crippen molar-refractivity contribution in [2.45, 2.75) is 32.1 Å². The van der Waals surface area contributed by atoms with E-state index in [0.717, 1.165) is 43.3 Å². The first-order chi connectivity index (χ1) is 10.3. The molecule has 2 heterocycles. The molecule has 2 aromatic heterocycles. The molecular formula is C15H23IN6. The van der Waals surface area contributed by atoms with E-state index in [0.29, 0.717) is 5.96 Å². The third kappa shape index (κ3) is 4.31. The second-order valence-corrected chi connectivity index (χ2v) is 5.60. The van der Waals surface area contributed by atoms with Crippen LogP contribution in [0.25, 0.3) is 5.65 Å². The van der Waals surface area contributed by atoms with Crippen LogP contribution in [0.1, 0.15) is 31.5 Å². The van der Waals surface area contributed by atoms with Gasteiger partial charge in [-0.1, -0.05) is 12.5 Å². The highest BCUT2D eigenvalue weighted by atomic mass is 127. The third-order valence-corrected chi connectivity index (χ3v) is 4.01. The molecule has 0 amide bonds. The van der Waals surface area contributed by atoms with Gasteiger partial charge in [-0.15, -0.1) is 34.2 Å². The number of aromatic nitrogens is 3. The summed E-state index contributed by atoms with van der Waals surface area (Å²) in [4.78, 5) is 4.38. The summed E-state index contributed by atoms with van der Waals surface area (Å²) in [5, 5.41) is 11.5. The van der Waals surface area contributed by atoms with Crippen LogP contribution in [0.3, 0.4) is 0 Å². The van der Waals surface area contributed by atoms with E-state index in [1.54, 1.807) is 0 Å². The lowest BCUT2D eigenvalue weighted by molar-refractivity contribution is 0.326. The summed E-state index contributed by atoms with van der Waals surface area (Å²) in [6.45, 7) is 1.68. The van der Waals surface area contributed by atoms with Crippen LogP contribution in [0.4, 0.5) is 0 Å². The maximum absolute atomic E-state index is 5.86. The van der Waals surface area contributed by atoms with Crippen molar-refractivity contribution in [3.05, 3.63) is 30.2 Å². The largest absolute Gasteiger partial charge is 0.370 e. The van der Waals surface area contributed by atoms with Gasteiger partial charge in [0.25, 0.3) is 0 Å². The molecule has 6 nitrogen and oxygen atoms in total. The molecule has 0 spiro atoms. The van der Waals surface area contributed by atoms with Gasteiger partial charge in [0.05, 0.1) is 0 Å². The molecule has 0 aliphatic heterocycles. The Bertz CT molecular complexity index is 619. The lowest BCUT2D eigenvalue weighted by Gasteiger charge is -2.23. The highest BCUT2D eigenvalue weighted by Crippen LogP contribution is 2.26. The zero-order chi connectivity index (χ0) is 14.5. The maximum Gasteiger partial charge on any atom is 0.188 e. The van der Waals surface area contributed by atoms with Crippen molar-refractivity contribution in [1.29, 1.82) is 0 Å². The van der Waals surface area contributed by atoms with Gasteiger partial charge < -0.3 is 11.1 Å². The Morgan fingerprint density at radius 1 is 1.36 bits per heavy atom. The number of aryl methyl sites for hydroxylation is 1. The van der Waals surface area contributed by atoms with Crippen molar-refractivity contribution in [2.24, 2.45) is 16.6 Å². The Morgan fingerprint density at radius 2 is 2.23 bits per heavy atom. The number of hydrogen-bond acceptors (Lipinski definition) is 3. The van der Waals surface area contributed by atoms with Crippen molar-refractivity contribution >= 4 is 35.6 Å². The van der Waals surface area contributed by atoms with E-state index in [-0.39, 0.29) is 24.0 Å². The minimum Gasteiger partial charge on any atom is -0.370 e. The van der Waals surface area contributed by atoms with Crippen molar-refractivity contribution in [3.63, 3.8) is 0 Å². The molecule has 120 valence electrons. The highest BCUT2D eigenvalue weighted by molar-refractivity contribution is 14.0. The predicted octanol–water partition coefficient (Wildman–Crippen LogP) is 1.98. The second-order valence-electron chi connectivity index (χ2n) is 5.60. The van der Waals surface area contributed by atoms with Crippen LogP contribution in [0, 0.1) is 5.92 Å². The van der Waals surface area contributed by atoms with Crippen LogP contribution in [0.5, 0.6) is 0 Å². The van der Waals surface area contributed by atoms with Gasteiger partial charge in [-0.2, -0.15) is 0 Å². The van der Waals surface area contributed by atoms with Gasteiger partial charge in [0, 0.05) is 25.7 Å². The number of nitrogens with zero attached hydrogens (tertiary/aromatic N) is 4. The van der Waals surface area contributed by atoms with E-state index in [2.05, 4.69) is 20.5 Å². The zero-order valence-corrected chi connectivity index (χ0v) is 14.9. The molecule has 3 rings (SSSR count). The van der Waals surface area contributed by atoms with Gasteiger partial charge in [0.15, 0.2) is 11.6 Å². The Balaban J connectivity index is 0.00000176. The van der Waals surface area contributed by atoms with E-state index in [9.17, 15) is 0 Å². The van der Waals surface area contributed by atoms with Gasteiger partial charge >= 0.3 is 0 Å². The lowest BCUT2D eigenvalue weighted by atomic mass is 9.86. The first-order valence-corrected chi connectivity index (χ1v) is 7.65. The molecule has 0 atom stereocenters. The molecule has 1 aliphatic rings. The molecule has 0 unspecified atom stereocenters. The Morgan fingerprint density at radius 3 is 3.00 bits per heavy atom. The SMILES string of the molecule is I.NC(=NCC1CCC1)NCCCc1nnc2ccccn12. The number of pyridine rings is 1. The van der Waals surface area contributed by atoms with Crippen molar-refractivity contribution < 1.29 is 0 Å². The van der Waals surface area contributed by atoms with Crippen LogP contribution < -0.4 is 11.1 Å². The first kappa shape index (κ1) is 17.0. The van der Waals surface area contributed by atoms with E-state index >= 15 is 0 Å². The molecule has 3 N–H and O–H groups in total. The fraction of sp³-hybridized carbons (Fsp3) is 0.533. The summed E-state index contributed by atoms with van der Waals surface area (Å²) in [5.74, 6) is 2.30. The molecule has 0 saturated heterocycles. The quantitative estimate of drug-likeness (QED) is 0.328. The van der Waals surface area contributed by atoms with Gasteiger partial charge in [0.2, 0.25) is 0 Å². The second kappa shape index (κ2) is 8.30. The molecule has 7 heteroatoms. The number of guanidine groups is 1. The summed E-state index contributed by atoms with van der Waals surface area (Å²) in [5.41, 5.74) is 6.75. The summed E-state index contributed by atoms with van der Waals surface area (Å²) >= 11 is 0. The van der Waals surface area contributed by atoms with E-state index < -0.39 is 0 Å². The molecule has 0 bridgehead atoms. The maximum atomic E-state index is 5.86. The average molecular weight is 414 g/mol. The van der Waals surface area contributed by atoms with E-state index in [1.807, 2.05) is 28.8 Å². The molecular weight excluding hydrogens is 391 g/mol. The summed E-state index contributed by atoms with van der Waals surface area (Å²) in [6.07, 6.45) is 7.77. The van der Waals surface area contributed by atoms with Crippen LogP contribution >= 0.6 is 24.0 Å². The molecule has 1 saturated carbocycles. The first-order valence-electron chi connectivity index (χ1n) is 7.65. The van der Waals surface area contributed by atoms with Gasteiger partial charge in [-0.25, -0.2) is 0 Å². The Labute approximate surface area is 147 Å². The Kier molecular flexibility index (Phi) is 6.41. The number of hydrogen-bond donors (Lipinski definition) is 2. The van der Waals surface area contributed by atoms with Crippen molar-refractivity contribution in [3.8, 4) is 0 Å². The van der Waals surface area contributed by atoms with Gasteiger partial charge in [0.1, 0.15) is 5.82 Å². The van der Waals surface area contributed by atoms with Crippen molar-refractivity contribution in [2.75, 3.05) is 13.1 Å². The molecule has 0 aromatic carbocycles. The fourth-order valence-corrected chi connectivity index (χ4v) is 2.48. The minimum atomic E-state index is 0. The van der Waals surface area contributed by atoms with Gasteiger partial charge in [-0.3, -0.25) is 9.39 Å². The predicted molar refractivity (Wildman–Crippen MR) is 98.6 cm³/mol. The molecule has 1 aliphatic carbocycles. The molecule has 22 heavy (non-hydrogen) atoms. The number of fused-ring (bicyclic) bond motifs is 1. The number of nitrogens with two attached hydrogens (primary N) is 1. The van der Waals surface area contributed by atoms with Gasteiger partial charge in [-0.05, 0) is 37.3 Å². The van der Waals surface area contributed by atoms with Crippen LogP contribution in [0.2, 0.25) is 0 Å². The smallest absolute Gasteiger partial charge is 0.188 e. The monoisotopic (exact) mass is 414 g/mol. The number of rotatable bonds is 6. The normalized spacial score (nSPS) is 15.4. The summed E-state index contributed by atoms with van der Waals surface area (Å²) < 4.78 is 2.02. The number of halogens is 1. The lowest BCUT2D eigenvalue weighted by Crippen LogP contribution is -2.33. The standard InChI is InChI=1S/C15H22N6.HI/c16-15(18-11-12-5-3-6-12)17-9-4-8-14-20-19-13-7-1-2-10-21(13)14;/h1-2,7,10,12H,3-6,8-9,11H2,(H3,16,17,18);1H. The molecule has 2 aromatic rings. The van der Waals surface area contributed by atoms with E-state index in [1.165, 1.54) is 19.3 Å². The third-order valence-electron chi connectivity index (χ3n) is 4.01. The van der Waals surface area contributed by atoms with Crippen LogP contribution in [-0.4, -0.2) is 33.6 Å². The Hall–Kier alpha value is -1.38. The zero-order valence-electron chi connectivity index (χ0n) is 12.6. The summed E-state index contributed by atoms with van der Waals surface area (Å²) in [6, 6.07) is 5.91. The van der Waals surface area contributed by atoms with E-state index in [4.69, 9.17) is 5.73 Å². The average Bonchev–Trinajstić information content (AvgIpc) is 2.85. The molecule has 0 radical (unpaired) electrons.